The Bertz CT molecular complexity index is 1060. The van der Waals surface area contributed by atoms with Gasteiger partial charge in [-0.15, -0.1) is 0 Å². The minimum atomic E-state index is -0.0540. The number of likely N-dealkylation sites (N-methyl/N-ethyl adjacent to an activating group) is 1. The van der Waals surface area contributed by atoms with E-state index >= 15 is 0 Å². The zero-order valence-electron chi connectivity index (χ0n) is 18.8. The molecule has 2 aromatic rings. The minimum absolute atomic E-state index is 0.0540. The van der Waals surface area contributed by atoms with E-state index < -0.39 is 0 Å². The van der Waals surface area contributed by atoms with Gasteiger partial charge in [0.25, 0.3) is 5.91 Å². The molecule has 7 heteroatoms. The molecule has 4 aliphatic rings. The fourth-order valence-electron chi connectivity index (χ4n) is 7.00. The van der Waals surface area contributed by atoms with Gasteiger partial charge in [-0.2, -0.15) is 0 Å². The van der Waals surface area contributed by atoms with Crippen LogP contribution in [0.2, 0.25) is 0 Å². The van der Waals surface area contributed by atoms with Crippen molar-refractivity contribution in [3.63, 3.8) is 0 Å². The van der Waals surface area contributed by atoms with Crippen LogP contribution in [0.1, 0.15) is 54.7 Å². The molecule has 4 fully saturated rings. The number of imidazole rings is 1. The maximum absolute atomic E-state index is 13.0. The number of hydrogen-bond donors (Lipinski definition) is 2. The molecule has 1 aliphatic heterocycles. The molecular formula is C25H33N5O2. The lowest BCUT2D eigenvalue weighted by molar-refractivity contribution is -0.251. The van der Waals surface area contributed by atoms with Crippen molar-refractivity contribution < 1.29 is 9.59 Å². The van der Waals surface area contributed by atoms with Gasteiger partial charge < -0.3 is 15.5 Å². The number of amides is 2. The summed E-state index contributed by atoms with van der Waals surface area (Å²) < 4.78 is 1.83. The molecule has 5 unspecified atom stereocenters. The number of carbonyl (C=O) groups excluding carboxylic acids is 2. The first-order chi connectivity index (χ1) is 15.5. The molecule has 0 aromatic carbocycles. The highest BCUT2D eigenvalue weighted by molar-refractivity contribution is 5.93. The number of rotatable bonds is 6. The Morgan fingerprint density at radius 1 is 1.34 bits per heavy atom. The van der Waals surface area contributed by atoms with Crippen molar-refractivity contribution in [3.8, 4) is 0 Å². The van der Waals surface area contributed by atoms with Gasteiger partial charge in [0, 0.05) is 32.4 Å². The van der Waals surface area contributed by atoms with Gasteiger partial charge in [0.2, 0.25) is 5.91 Å². The molecule has 2 N–H and O–H groups in total. The first-order valence-electron chi connectivity index (χ1n) is 12.3. The van der Waals surface area contributed by atoms with Gasteiger partial charge >= 0.3 is 0 Å². The van der Waals surface area contributed by atoms with Crippen molar-refractivity contribution >= 4 is 17.5 Å². The van der Waals surface area contributed by atoms with E-state index in [-0.39, 0.29) is 24.3 Å². The summed E-state index contributed by atoms with van der Waals surface area (Å²) in [6.07, 6.45) is 9.74. The smallest absolute Gasteiger partial charge is 0.268 e. The summed E-state index contributed by atoms with van der Waals surface area (Å²) in [6.45, 7) is 2.65. The average molecular weight is 436 g/mol. The Morgan fingerprint density at radius 2 is 2.25 bits per heavy atom. The van der Waals surface area contributed by atoms with Crippen LogP contribution in [0.3, 0.4) is 0 Å². The second-order valence-electron chi connectivity index (χ2n) is 10.5. The highest BCUT2D eigenvalue weighted by Gasteiger charge is 2.69. The molecule has 170 valence electrons. The Morgan fingerprint density at radius 3 is 2.94 bits per heavy atom. The topological polar surface area (TPSA) is 78.7 Å². The lowest BCUT2D eigenvalue weighted by atomic mass is 9.30. The fourth-order valence-corrected chi connectivity index (χ4v) is 7.00. The lowest BCUT2D eigenvalue weighted by Crippen LogP contribution is -2.68. The van der Waals surface area contributed by atoms with E-state index in [4.69, 9.17) is 0 Å². The van der Waals surface area contributed by atoms with E-state index in [2.05, 4.69) is 15.6 Å². The minimum Gasteiger partial charge on any atom is -0.350 e. The molecule has 1 saturated heterocycles. The molecule has 3 aliphatic carbocycles. The number of carbonyl (C=O) groups is 2. The second kappa shape index (κ2) is 7.58. The highest BCUT2D eigenvalue weighted by Crippen LogP contribution is 2.76. The molecule has 32 heavy (non-hydrogen) atoms. The van der Waals surface area contributed by atoms with Crippen LogP contribution in [0, 0.1) is 23.2 Å². The fraction of sp³-hybridized carbons (Fsp3) is 0.640. The molecule has 6 rings (SSSR count). The molecule has 3 saturated carbocycles. The molecule has 3 heterocycles. The molecule has 5 atom stereocenters. The summed E-state index contributed by atoms with van der Waals surface area (Å²) in [5.74, 6) is 2.51. The monoisotopic (exact) mass is 435 g/mol. The number of nitrogens with one attached hydrogen (secondary N) is 2. The van der Waals surface area contributed by atoms with E-state index in [1.165, 1.54) is 25.7 Å². The largest absolute Gasteiger partial charge is 0.350 e. The zero-order chi connectivity index (χ0) is 21.9. The number of piperidine rings is 1. The van der Waals surface area contributed by atoms with Crippen LogP contribution in [0.25, 0.3) is 5.65 Å². The van der Waals surface area contributed by atoms with Gasteiger partial charge in [-0.05, 0) is 80.4 Å². The van der Waals surface area contributed by atoms with Crippen LogP contribution in [0.15, 0.2) is 24.4 Å². The Balaban J connectivity index is 1.10. The highest BCUT2D eigenvalue weighted by atomic mass is 16.2. The first kappa shape index (κ1) is 20.2. The quantitative estimate of drug-likeness (QED) is 0.730. The van der Waals surface area contributed by atoms with Gasteiger partial charge in [-0.25, -0.2) is 4.98 Å². The summed E-state index contributed by atoms with van der Waals surface area (Å²) in [4.78, 5) is 32.3. The number of nitrogens with zero attached hydrogens (tertiary/aromatic N) is 3. The van der Waals surface area contributed by atoms with E-state index in [1.54, 1.807) is 0 Å². The van der Waals surface area contributed by atoms with Crippen molar-refractivity contribution in [1.29, 1.82) is 0 Å². The second-order valence-corrected chi connectivity index (χ2v) is 10.5. The SMILES string of the molecule is CN(C(=O)Cc1cn2c(C(=O)NCC3CC45CCC4CC35)cccc2n1)C1CCCNC1. The molecule has 1 spiro atoms. The zero-order valence-corrected chi connectivity index (χ0v) is 18.8. The normalized spacial score (nSPS) is 32.7. The summed E-state index contributed by atoms with van der Waals surface area (Å²) in [7, 11) is 1.88. The summed E-state index contributed by atoms with van der Waals surface area (Å²) in [6, 6.07) is 5.83. The molecule has 2 amide bonds. The van der Waals surface area contributed by atoms with Crippen LogP contribution >= 0.6 is 0 Å². The van der Waals surface area contributed by atoms with Crippen molar-refractivity contribution in [2.75, 3.05) is 26.7 Å². The molecule has 0 bridgehead atoms. The first-order valence-corrected chi connectivity index (χ1v) is 12.3. The van der Waals surface area contributed by atoms with Crippen molar-refractivity contribution in [2.45, 2.75) is 51.0 Å². The van der Waals surface area contributed by atoms with Gasteiger partial charge in [0.1, 0.15) is 11.3 Å². The van der Waals surface area contributed by atoms with Crippen molar-refractivity contribution in [1.82, 2.24) is 24.9 Å². The third kappa shape index (κ3) is 3.08. The predicted octanol–water partition coefficient (Wildman–Crippen LogP) is 2.25. The molecule has 2 aromatic heterocycles. The number of fused-ring (bicyclic) bond motifs is 1. The standard InChI is InChI=1S/C25H33N5O2/c1-29(19-4-3-9-26-14-19)23(31)11-18-15-30-21(5-2-6-22(30)28-18)24(32)27-13-16-12-25-8-7-17(25)10-20(16)25/h2,5-6,15-17,19-20,26H,3-4,7-14H2,1H3,(H,27,32). The van der Waals surface area contributed by atoms with E-state index in [0.29, 0.717) is 28.4 Å². The predicted molar refractivity (Wildman–Crippen MR) is 121 cm³/mol. The summed E-state index contributed by atoms with van der Waals surface area (Å²) in [5.41, 5.74) is 2.68. The number of pyridine rings is 1. The van der Waals surface area contributed by atoms with E-state index in [1.807, 2.05) is 40.7 Å². The lowest BCUT2D eigenvalue weighted by Gasteiger charge is -2.74. The Kier molecular flexibility index (Phi) is 4.79. The van der Waals surface area contributed by atoms with Gasteiger partial charge in [-0.1, -0.05) is 6.07 Å². The van der Waals surface area contributed by atoms with Crippen LogP contribution < -0.4 is 10.6 Å². The summed E-state index contributed by atoms with van der Waals surface area (Å²) in [5, 5.41) is 6.54. The van der Waals surface area contributed by atoms with Crippen LogP contribution in [0.4, 0.5) is 0 Å². The molecule has 7 nitrogen and oxygen atoms in total. The average Bonchev–Trinajstić information content (AvgIpc) is 3.20. The van der Waals surface area contributed by atoms with Crippen LogP contribution in [-0.2, 0) is 11.2 Å². The van der Waals surface area contributed by atoms with Gasteiger partial charge in [0.15, 0.2) is 0 Å². The van der Waals surface area contributed by atoms with Gasteiger partial charge in [0.05, 0.1) is 12.1 Å². The molecule has 0 radical (unpaired) electrons. The third-order valence-corrected chi connectivity index (χ3v) is 9.10. The number of hydrogen-bond acceptors (Lipinski definition) is 4. The van der Waals surface area contributed by atoms with Crippen molar-refractivity contribution in [2.24, 2.45) is 23.2 Å². The third-order valence-electron chi connectivity index (χ3n) is 9.10. The Hall–Kier alpha value is -2.41. The van der Waals surface area contributed by atoms with Crippen LogP contribution in [-0.4, -0.2) is 58.8 Å². The van der Waals surface area contributed by atoms with E-state index in [0.717, 1.165) is 44.3 Å². The maximum Gasteiger partial charge on any atom is 0.268 e. The Labute approximate surface area is 188 Å². The van der Waals surface area contributed by atoms with E-state index in [9.17, 15) is 9.59 Å². The van der Waals surface area contributed by atoms with Crippen LogP contribution in [0.5, 0.6) is 0 Å². The number of aromatic nitrogens is 2. The van der Waals surface area contributed by atoms with Crippen molar-refractivity contribution in [3.05, 3.63) is 35.8 Å². The molecular weight excluding hydrogens is 402 g/mol. The van der Waals surface area contributed by atoms with Gasteiger partial charge in [-0.3, -0.25) is 14.0 Å². The summed E-state index contributed by atoms with van der Waals surface area (Å²) >= 11 is 0. The maximum atomic E-state index is 13.0.